The molecule has 0 nitrogen and oxygen atoms in total. The van der Waals surface area contributed by atoms with E-state index in [0.717, 1.165) is 0 Å². The molecule has 0 fully saturated rings. The van der Waals surface area contributed by atoms with Gasteiger partial charge in [-0.25, -0.2) is 0 Å². The quantitative estimate of drug-likeness (QED) is 0.463. The van der Waals surface area contributed by atoms with Gasteiger partial charge in [-0.3, -0.25) is 0 Å². The Morgan fingerprint density at radius 3 is 2.50 bits per heavy atom. The van der Waals surface area contributed by atoms with Crippen molar-refractivity contribution in [3.8, 4) is 0 Å². The van der Waals surface area contributed by atoms with Crippen molar-refractivity contribution in [1.29, 1.82) is 0 Å². The molecule has 1 aromatic rings. The molecule has 0 amide bonds. The molecule has 0 heterocycles. The van der Waals surface area contributed by atoms with E-state index < -0.39 is 0 Å². The summed E-state index contributed by atoms with van der Waals surface area (Å²) in [5, 5.41) is 0. The number of hydrogen-bond donors (Lipinski definition) is 0. The Bertz CT molecular complexity index is 134. The SMILES string of the molecule is Cc1c[c]ccc1.[KH]. The molecule has 1 heteroatoms. The molecule has 0 bridgehead atoms. The van der Waals surface area contributed by atoms with Gasteiger partial charge in [0, 0.05) is 0 Å². The van der Waals surface area contributed by atoms with E-state index in [1.807, 2.05) is 18.2 Å². The summed E-state index contributed by atoms with van der Waals surface area (Å²) in [4.78, 5) is 0. The van der Waals surface area contributed by atoms with Crippen LogP contribution in [0.5, 0.6) is 0 Å². The molecule has 0 saturated heterocycles. The molecular formula is C7H8K. The Hall–Kier alpha value is 0.856. The number of hydrogen-bond acceptors (Lipinski definition) is 0. The van der Waals surface area contributed by atoms with E-state index in [4.69, 9.17) is 0 Å². The normalized spacial score (nSPS) is 7.62. The predicted molar refractivity (Wildman–Crippen MR) is 37.2 cm³/mol. The van der Waals surface area contributed by atoms with Crippen LogP contribution in [0.1, 0.15) is 5.56 Å². The fraction of sp³-hybridized carbons (Fsp3) is 0.143. The molecular weight excluding hydrogens is 123 g/mol. The minimum atomic E-state index is 0. The van der Waals surface area contributed by atoms with E-state index in [0.29, 0.717) is 0 Å². The first-order valence-corrected chi connectivity index (χ1v) is 2.32. The van der Waals surface area contributed by atoms with Crippen molar-refractivity contribution in [2.45, 2.75) is 6.92 Å². The monoisotopic (exact) mass is 131 g/mol. The van der Waals surface area contributed by atoms with Crippen LogP contribution in [0.3, 0.4) is 0 Å². The second-order valence-corrected chi connectivity index (χ2v) is 1.58. The van der Waals surface area contributed by atoms with Crippen LogP contribution in [-0.2, 0) is 0 Å². The maximum absolute atomic E-state index is 2.96. The van der Waals surface area contributed by atoms with Crippen LogP contribution < -0.4 is 0 Å². The van der Waals surface area contributed by atoms with Gasteiger partial charge in [-0.1, -0.05) is 29.8 Å². The summed E-state index contributed by atoms with van der Waals surface area (Å²) in [5.41, 5.74) is 1.27. The molecule has 0 aliphatic rings. The standard InChI is InChI=1S/C7H7.K.H/c1-7-5-3-2-4-6-7;;/h2-3,5-6H,1H3;;. The zero-order chi connectivity index (χ0) is 5.11. The molecule has 1 radical (unpaired) electrons. The van der Waals surface area contributed by atoms with Crippen LogP contribution in [0.2, 0.25) is 0 Å². The van der Waals surface area contributed by atoms with Crippen molar-refractivity contribution < 1.29 is 0 Å². The summed E-state index contributed by atoms with van der Waals surface area (Å²) in [6.07, 6.45) is 0. The average molecular weight is 131 g/mol. The summed E-state index contributed by atoms with van der Waals surface area (Å²) in [7, 11) is 0. The van der Waals surface area contributed by atoms with Crippen LogP contribution in [0.15, 0.2) is 24.3 Å². The van der Waals surface area contributed by atoms with Gasteiger partial charge in [-0.2, -0.15) is 0 Å². The summed E-state index contributed by atoms with van der Waals surface area (Å²) in [6.45, 7) is 2.05. The Labute approximate surface area is 92.7 Å². The molecule has 1 aromatic carbocycles. The molecule has 0 N–H and O–H groups in total. The number of aryl methyl sites for hydroxylation is 1. The molecule has 8 heavy (non-hydrogen) atoms. The summed E-state index contributed by atoms with van der Waals surface area (Å²) in [5.74, 6) is 0. The van der Waals surface area contributed by atoms with E-state index in [9.17, 15) is 0 Å². The van der Waals surface area contributed by atoms with Gasteiger partial charge < -0.3 is 0 Å². The van der Waals surface area contributed by atoms with Crippen molar-refractivity contribution >= 4 is 51.4 Å². The van der Waals surface area contributed by atoms with Gasteiger partial charge in [0.05, 0.1) is 0 Å². The van der Waals surface area contributed by atoms with Gasteiger partial charge in [0.25, 0.3) is 0 Å². The molecule has 37 valence electrons. The molecule has 0 saturated carbocycles. The van der Waals surface area contributed by atoms with Crippen molar-refractivity contribution in [3.05, 3.63) is 35.9 Å². The topological polar surface area (TPSA) is 0 Å². The van der Waals surface area contributed by atoms with Gasteiger partial charge in [0.15, 0.2) is 0 Å². The van der Waals surface area contributed by atoms with Gasteiger partial charge in [0.1, 0.15) is 0 Å². The second-order valence-electron chi connectivity index (χ2n) is 1.58. The van der Waals surface area contributed by atoms with E-state index in [2.05, 4.69) is 19.1 Å². The summed E-state index contributed by atoms with van der Waals surface area (Å²) in [6, 6.07) is 10.8. The zero-order valence-electron chi connectivity index (χ0n) is 4.31. The third-order valence-corrected chi connectivity index (χ3v) is 0.863. The zero-order valence-corrected chi connectivity index (χ0v) is 4.31. The predicted octanol–water partition coefficient (Wildman–Crippen LogP) is 1.15. The van der Waals surface area contributed by atoms with E-state index >= 15 is 0 Å². The van der Waals surface area contributed by atoms with Crippen molar-refractivity contribution in [3.63, 3.8) is 0 Å². The molecule has 0 aliphatic carbocycles. The first-order chi connectivity index (χ1) is 3.39. The first-order valence-electron chi connectivity index (χ1n) is 2.32. The van der Waals surface area contributed by atoms with Gasteiger partial charge in [-0.15, -0.1) is 0 Å². The van der Waals surface area contributed by atoms with Gasteiger partial charge >= 0.3 is 51.4 Å². The molecule has 0 atom stereocenters. The van der Waals surface area contributed by atoms with Crippen LogP contribution in [0.4, 0.5) is 0 Å². The van der Waals surface area contributed by atoms with Crippen molar-refractivity contribution in [2.24, 2.45) is 0 Å². The van der Waals surface area contributed by atoms with Crippen LogP contribution >= 0.6 is 0 Å². The molecule has 0 spiro atoms. The van der Waals surface area contributed by atoms with Crippen LogP contribution in [-0.4, -0.2) is 51.4 Å². The Balaban J connectivity index is 0.000000490. The fourth-order valence-electron chi connectivity index (χ4n) is 0.483. The number of benzene rings is 1. The molecule has 0 unspecified atom stereocenters. The van der Waals surface area contributed by atoms with Gasteiger partial charge in [-0.05, 0) is 13.0 Å². The third-order valence-electron chi connectivity index (χ3n) is 0.863. The molecule has 0 aromatic heterocycles. The Morgan fingerprint density at radius 2 is 2.25 bits per heavy atom. The third kappa shape index (κ3) is 3.00. The minimum absolute atomic E-state index is 0. The Kier molecular flexibility index (Phi) is 5.21. The number of rotatable bonds is 0. The van der Waals surface area contributed by atoms with E-state index in [1.165, 1.54) is 5.56 Å². The summed E-state index contributed by atoms with van der Waals surface area (Å²) < 4.78 is 0. The average Bonchev–Trinajstić information content (AvgIpc) is 1.69. The Morgan fingerprint density at radius 1 is 1.50 bits per heavy atom. The second kappa shape index (κ2) is 4.71. The van der Waals surface area contributed by atoms with Crippen LogP contribution in [0, 0.1) is 13.0 Å². The fourth-order valence-corrected chi connectivity index (χ4v) is 0.483. The van der Waals surface area contributed by atoms with Crippen LogP contribution in [0.25, 0.3) is 0 Å². The molecule has 1 rings (SSSR count). The maximum atomic E-state index is 2.96. The van der Waals surface area contributed by atoms with Crippen molar-refractivity contribution in [1.82, 2.24) is 0 Å². The summed E-state index contributed by atoms with van der Waals surface area (Å²) >= 11 is 0. The van der Waals surface area contributed by atoms with E-state index in [1.54, 1.807) is 0 Å². The van der Waals surface area contributed by atoms with E-state index in [-0.39, 0.29) is 51.4 Å². The van der Waals surface area contributed by atoms with Gasteiger partial charge in [0.2, 0.25) is 0 Å². The molecule has 0 aliphatic heterocycles. The van der Waals surface area contributed by atoms with Crippen molar-refractivity contribution in [2.75, 3.05) is 0 Å². The first kappa shape index (κ1) is 8.86.